The van der Waals surface area contributed by atoms with Crippen molar-refractivity contribution in [1.82, 2.24) is 0 Å². The summed E-state index contributed by atoms with van der Waals surface area (Å²) in [5.41, 5.74) is -0.536. The van der Waals surface area contributed by atoms with Gasteiger partial charge in [0.2, 0.25) is 0 Å². The fourth-order valence-electron chi connectivity index (χ4n) is 4.48. The average Bonchev–Trinajstić information content (AvgIpc) is 2.95. The van der Waals surface area contributed by atoms with E-state index in [2.05, 4.69) is 0 Å². The molecular formula is C25H7F15Pb. The molecule has 0 amide bonds. The normalized spacial score (nSPS) is 11.9. The van der Waals surface area contributed by atoms with E-state index in [0.29, 0.717) is 0 Å². The van der Waals surface area contributed by atoms with E-state index in [1.165, 1.54) is 6.07 Å². The SMILES string of the molecule is Fc1c(F)c(F)[c]([Pb]([CH2]c2ccccc2)([c]2c(F)c(F)c(F)c(F)c2F)[c]2c(F)c(F)c(F)c(F)c2F)c(F)c1F. The summed E-state index contributed by atoms with van der Waals surface area (Å²) in [6, 6.07) is 5.09. The molecule has 4 aromatic carbocycles. The topological polar surface area (TPSA) is 0 Å². The van der Waals surface area contributed by atoms with Crippen LogP contribution in [0.3, 0.4) is 0 Å². The van der Waals surface area contributed by atoms with E-state index in [-0.39, 0.29) is 0 Å². The standard InChI is InChI=1S/C7H7.3C6F5.Pb/c1-7-5-3-2-4-6-7;3*7-2-1-3(8)5(10)6(11)4(2)9;/h2-6H,1H2;;;;. The first kappa shape index (κ1) is 30.7. The molecule has 0 fully saturated rings. The van der Waals surface area contributed by atoms with Gasteiger partial charge in [-0.2, -0.15) is 0 Å². The fraction of sp³-hybridized carbons (Fsp3) is 0.0400. The van der Waals surface area contributed by atoms with Crippen molar-refractivity contribution in [1.29, 1.82) is 0 Å². The molecule has 0 bridgehead atoms. The second kappa shape index (κ2) is 10.9. The third-order valence-corrected chi connectivity index (χ3v) is 24.9. The Morgan fingerprint density at radius 2 is 0.537 bits per heavy atom. The minimum absolute atomic E-state index is 0.536. The third-order valence-electron chi connectivity index (χ3n) is 6.22. The van der Waals surface area contributed by atoms with Crippen LogP contribution in [0.5, 0.6) is 0 Å². The summed E-state index contributed by atoms with van der Waals surface area (Å²) in [4.78, 5) is 0. The van der Waals surface area contributed by atoms with Crippen LogP contribution in [-0.2, 0) is 3.98 Å². The molecule has 0 saturated heterocycles. The van der Waals surface area contributed by atoms with Gasteiger partial charge in [0.25, 0.3) is 0 Å². The second-order valence-corrected chi connectivity index (χ2v) is 22.6. The van der Waals surface area contributed by atoms with Crippen LogP contribution >= 0.6 is 0 Å². The van der Waals surface area contributed by atoms with Crippen molar-refractivity contribution in [3.8, 4) is 0 Å². The average molecular weight is 800 g/mol. The third kappa shape index (κ3) is 4.46. The molecule has 0 radical (unpaired) electrons. The molecule has 0 aromatic heterocycles. The Balaban J connectivity index is 2.47. The van der Waals surface area contributed by atoms with E-state index in [4.69, 9.17) is 0 Å². The van der Waals surface area contributed by atoms with E-state index in [9.17, 15) is 39.5 Å². The number of hydrogen-bond acceptors (Lipinski definition) is 0. The van der Waals surface area contributed by atoms with Crippen LogP contribution in [0.1, 0.15) is 5.56 Å². The molecule has 0 N–H and O–H groups in total. The molecule has 216 valence electrons. The molecule has 41 heavy (non-hydrogen) atoms. The van der Waals surface area contributed by atoms with Gasteiger partial charge in [-0.25, -0.2) is 0 Å². The molecular weight excluding hydrogens is 792 g/mol. The Bertz CT molecular complexity index is 1460. The summed E-state index contributed by atoms with van der Waals surface area (Å²) < 4.78 is 212. The van der Waals surface area contributed by atoms with Gasteiger partial charge in [0.05, 0.1) is 0 Å². The van der Waals surface area contributed by atoms with Crippen LogP contribution < -0.4 is 9.37 Å². The molecule has 0 aliphatic heterocycles. The predicted molar refractivity (Wildman–Crippen MR) is 113 cm³/mol. The minimum atomic E-state index is -8.28. The Labute approximate surface area is 223 Å². The molecule has 0 heterocycles. The van der Waals surface area contributed by atoms with Gasteiger partial charge in [0.15, 0.2) is 0 Å². The van der Waals surface area contributed by atoms with E-state index < -0.39 is 127 Å². The Hall–Kier alpha value is -3.25. The summed E-state index contributed by atoms with van der Waals surface area (Å²) in [5.74, 6) is -44.4. The molecule has 0 saturated carbocycles. The van der Waals surface area contributed by atoms with Crippen molar-refractivity contribution in [2.45, 2.75) is 3.98 Å². The predicted octanol–water partition coefficient (Wildman–Crippen LogP) is 6.03. The number of halogens is 15. The monoisotopic (exact) mass is 800 g/mol. The van der Waals surface area contributed by atoms with Gasteiger partial charge in [-0.3, -0.25) is 0 Å². The van der Waals surface area contributed by atoms with E-state index in [0.717, 1.165) is 24.3 Å². The van der Waals surface area contributed by atoms with Crippen LogP contribution in [0, 0.1) is 87.3 Å². The first-order valence-electron chi connectivity index (χ1n) is 10.7. The molecule has 0 spiro atoms. The first-order chi connectivity index (χ1) is 19.1. The van der Waals surface area contributed by atoms with Crippen LogP contribution in [0.2, 0.25) is 0 Å². The van der Waals surface area contributed by atoms with Gasteiger partial charge >= 0.3 is 224 Å². The van der Waals surface area contributed by atoms with Gasteiger partial charge in [0.1, 0.15) is 0 Å². The Morgan fingerprint density at radius 3 is 0.780 bits per heavy atom. The van der Waals surface area contributed by atoms with E-state index in [1.807, 2.05) is 0 Å². The number of benzene rings is 4. The molecule has 0 aliphatic carbocycles. The summed E-state index contributed by atoms with van der Waals surface area (Å²) in [5, 5.41) is 0. The van der Waals surface area contributed by atoms with E-state index in [1.54, 1.807) is 0 Å². The van der Waals surface area contributed by atoms with Crippen LogP contribution in [-0.4, -0.2) is 21.2 Å². The molecule has 4 aromatic rings. The zero-order chi connectivity index (χ0) is 30.7. The number of rotatable bonds is 5. The van der Waals surface area contributed by atoms with Crippen LogP contribution in [0.4, 0.5) is 65.9 Å². The van der Waals surface area contributed by atoms with Crippen molar-refractivity contribution in [3.63, 3.8) is 0 Å². The molecule has 0 nitrogen and oxygen atoms in total. The van der Waals surface area contributed by atoms with Crippen LogP contribution in [0.15, 0.2) is 30.3 Å². The second-order valence-electron chi connectivity index (χ2n) is 8.40. The molecule has 0 aliphatic rings. The van der Waals surface area contributed by atoms with E-state index >= 15 is 26.3 Å². The number of hydrogen-bond donors (Lipinski definition) is 0. The molecule has 0 atom stereocenters. The fourth-order valence-corrected chi connectivity index (χ4v) is 24.1. The first-order valence-corrected chi connectivity index (χ1v) is 19.3. The van der Waals surface area contributed by atoms with Gasteiger partial charge in [-0.05, 0) is 0 Å². The Kier molecular flexibility index (Phi) is 8.14. The quantitative estimate of drug-likeness (QED) is 0.100. The molecule has 16 heteroatoms. The van der Waals surface area contributed by atoms with Gasteiger partial charge in [-0.1, -0.05) is 0 Å². The van der Waals surface area contributed by atoms with Crippen molar-refractivity contribution >= 4 is 30.5 Å². The summed E-state index contributed by atoms with van der Waals surface area (Å²) in [6.07, 6.45) is 0. The van der Waals surface area contributed by atoms with Gasteiger partial charge in [0, 0.05) is 0 Å². The summed E-state index contributed by atoms with van der Waals surface area (Å²) in [6.45, 7) is 0. The van der Waals surface area contributed by atoms with Crippen molar-refractivity contribution in [3.05, 3.63) is 123 Å². The summed E-state index contributed by atoms with van der Waals surface area (Å²) in [7, 11) is 0. The maximum atomic E-state index is 15.4. The molecule has 4 rings (SSSR count). The zero-order valence-electron chi connectivity index (χ0n) is 19.3. The maximum absolute atomic E-state index is 15.4. The van der Waals surface area contributed by atoms with Gasteiger partial charge in [-0.15, -0.1) is 0 Å². The van der Waals surface area contributed by atoms with Crippen molar-refractivity contribution in [2.24, 2.45) is 0 Å². The van der Waals surface area contributed by atoms with Crippen molar-refractivity contribution in [2.75, 3.05) is 0 Å². The Morgan fingerprint density at radius 1 is 0.317 bits per heavy atom. The van der Waals surface area contributed by atoms with Crippen LogP contribution in [0.25, 0.3) is 0 Å². The van der Waals surface area contributed by atoms with Crippen molar-refractivity contribution < 1.29 is 65.9 Å². The molecule has 0 unspecified atom stereocenters. The zero-order valence-corrected chi connectivity index (χ0v) is 23.2. The summed E-state index contributed by atoms with van der Waals surface area (Å²) >= 11 is -8.28. The van der Waals surface area contributed by atoms with Gasteiger partial charge < -0.3 is 0 Å².